The lowest BCUT2D eigenvalue weighted by atomic mass is 9.40. The summed E-state index contributed by atoms with van der Waals surface area (Å²) >= 11 is 0. The molecule has 0 N–H and O–H groups in total. The molecule has 0 aromatic heterocycles. The number of methoxy groups -OCH3 is 1. The Morgan fingerprint density at radius 3 is 2.46 bits per heavy atom. The first-order chi connectivity index (χ1) is 13.1. The molecule has 0 saturated heterocycles. The highest BCUT2D eigenvalue weighted by molar-refractivity contribution is 5.91. The van der Waals surface area contributed by atoms with Crippen LogP contribution in [0.25, 0.3) is 0 Å². The van der Waals surface area contributed by atoms with Crippen LogP contribution in [0.2, 0.25) is 0 Å². The monoisotopic (exact) mass is 388 g/mol. The lowest BCUT2D eigenvalue weighted by molar-refractivity contribution is -0.173. The van der Waals surface area contributed by atoms with Crippen LogP contribution in [-0.2, 0) is 19.1 Å². The molecule has 3 fully saturated rings. The number of hydrogen-bond donors (Lipinski definition) is 0. The van der Waals surface area contributed by atoms with E-state index >= 15 is 0 Å². The predicted molar refractivity (Wildman–Crippen MR) is 107 cm³/mol. The van der Waals surface area contributed by atoms with E-state index in [1.165, 1.54) is 52.1 Å². The number of carbonyl (C=O) groups excluding carboxylic acids is 2. The van der Waals surface area contributed by atoms with Crippen molar-refractivity contribution >= 4 is 11.9 Å². The number of esters is 2. The largest absolute Gasteiger partial charge is 0.469 e. The summed E-state index contributed by atoms with van der Waals surface area (Å²) in [6.45, 7) is 7.71. The first-order valence-corrected chi connectivity index (χ1v) is 11.1. The SMILES string of the molecule is COC(=O)CC(=O)OCC1(C)CCCC2(C)C1CCC13C=CC(C)(CCC12)C3. The Balaban J connectivity index is 1.52. The molecule has 4 rings (SSSR count). The van der Waals surface area contributed by atoms with Crippen LogP contribution in [0.1, 0.15) is 78.6 Å². The van der Waals surface area contributed by atoms with Crippen LogP contribution in [0, 0.1) is 33.5 Å². The van der Waals surface area contributed by atoms with E-state index in [1.54, 1.807) is 0 Å². The Kier molecular flexibility index (Phi) is 4.71. The van der Waals surface area contributed by atoms with Gasteiger partial charge in [0.2, 0.25) is 0 Å². The Hall–Kier alpha value is -1.32. The van der Waals surface area contributed by atoms with Gasteiger partial charge in [0.1, 0.15) is 6.42 Å². The maximum atomic E-state index is 12.1. The van der Waals surface area contributed by atoms with Gasteiger partial charge >= 0.3 is 11.9 Å². The minimum Gasteiger partial charge on any atom is -0.469 e. The Bertz CT molecular complexity index is 699. The van der Waals surface area contributed by atoms with Crippen molar-refractivity contribution in [3.05, 3.63) is 12.2 Å². The molecule has 4 heteroatoms. The van der Waals surface area contributed by atoms with E-state index < -0.39 is 11.9 Å². The molecule has 0 aromatic carbocycles. The van der Waals surface area contributed by atoms with Crippen LogP contribution in [0.5, 0.6) is 0 Å². The van der Waals surface area contributed by atoms with Crippen molar-refractivity contribution in [1.82, 2.24) is 0 Å². The van der Waals surface area contributed by atoms with Crippen molar-refractivity contribution in [2.75, 3.05) is 13.7 Å². The second kappa shape index (κ2) is 6.60. The van der Waals surface area contributed by atoms with E-state index in [0.717, 1.165) is 12.3 Å². The van der Waals surface area contributed by atoms with Crippen LogP contribution >= 0.6 is 0 Å². The third-order valence-electron chi connectivity index (χ3n) is 9.12. The van der Waals surface area contributed by atoms with E-state index in [1.807, 2.05) is 0 Å². The van der Waals surface area contributed by atoms with Crippen molar-refractivity contribution < 1.29 is 19.1 Å². The molecular weight excluding hydrogens is 352 g/mol. The van der Waals surface area contributed by atoms with Crippen molar-refractivity contribution in [1.29, 1.82) is 0 Å². The molecule has 4 aliphatic carbocycles. The second-order valence-electron chi connectivity index (χ2n) is 11.0. The minimum atomic E-state index is -0.526. The number of ether oxygens (including phenoxy) is 2. The Morgan fingerprint density at radius 2 is 1.71 bits per heavy atom. The summed E-state index contributed by atoms with van der Waals surface area (Å²) in [6, 6.07) is 0. The third-order valence-corrected chi connectivity index (χ3v) is 9.12. The van der Waals surface area contributed by atoms with Gasteiger partial charge in [0.25, 0.3) is 0 Å². The summed E-state index contributed by atoms with van der Waals surface area (Å²) in [5, 5.41) is 0. The minimum absolute atomic E-state index is 0.00343. The molecule has 0 radical (unpaired) electrons. The van der Waals surface area contributed by atoms with Gasteiger partial charge in [-0.15, -0.1) is 0 Å². The smallest absolute Gasteiger partial charge is 0.317 e. The zero-order valence-corrected chi connectivity index (χ0v) is 18.0. The highest BCUT2D eigenvalue weighted by Gasteiger charge is 2.63. The summed E-state index contributed by atoms with van der Waals surface area (Å²) in [7, 11) is 1.30. The zero-order chi connectivity index (χ0) is 20.2. The summed E-state index contributed by atoms with van der Waals surface area (Å²) < 4.78 is 10.2. The van der Waals surface area contributed by atoms with E-state index in [2.05, 4.69) is 37.7 Å². The maximum Gasteiger partial charge on any atom is 0.317 e. The summed E-state index contributed by atoms with van der Waals surface area (Å²) in [6.07, 6.45) is 14.9. The average Bonchev–Trinajstić information content (AvgIpc) is 2.89. The topological polar surface area (TPSA) is 52.6 Å². The van der Waals surface area contributed by atoms with Gasteiger partial charge in [-0.05, 0) is 73.0 Å². The molecule has 0 aromatic rings. The average molecular weight is 389 g/mol. The second-order valence-corrected chi connectivity index (χ2v) is 11.0. The van der Waals surface area contributed by atoms with Gasteiger partial charge in [0.15, 0.2) is 0 Å². The van der Waals surface area contributed by atoms with E-state index in [-0.39, 0.29) is 11.8 Å². The molecule has 4 nitrogen and oxygen atoms in total. The van der Waals surface area contributed by atoms with Crippen molar-refractivity contribution in [3.8, 4) is 0 Å². The molecule has 0 amide bonds. The van der Waals surface area contributed by atoms with Crippen molar-refractivity contribution in [2.24, 2.45) is 33.5 Å². The van der Waals surface area contributed by atoms with Crippen LogP contribution in [0.15, 0.2) is 12.2 Å². The first kappa shape index (κ1) is 20.0. The molecule has 4 aliphatic rings. The third kappa shape index (κ3) is 3.02. The predicted octanol–water partition coefficient (Wildman–Crippen LogP) is 5.06. The Labute approximate surface area is 169 Å². The molecule has 156 valence electrons. The number of allylic oxidation sites excluding steroid dienone is 2. The van der Waals surface area contributed by atoms with Crippen LogP contribution in [-0.4, -0.2) is 25.7 Å². The van der Waals surface area contributed by atoms with Crippen LogP contribution in [0.3, 0.4) is 0 Å². The van der Waals surface area contributed by atoms with E-state index in [9.17, 15) is 9.59 Å². The molecule has 6 unspecified atom stereocenters. The number of hydrogen-bond acceptors (Lipinski definition) is 4. The fraction of sp³-hybridized carbons (Fsp3) is 0.833. The van der Waals surface area contributed by atoms with Crippen molar-refractivity contribution in [2.45, 2.75) is 78.6 Å². The Morgan fingerprint density at radius 1 is 0.964 bits per heavy atom. The maximum absolute atomic E-state index is 12.1. The molecule has 0 heterocycles. The van der Waals surface area contributed by atoms with Crippen LogP contribution in [0.4, 0.5) is 0 Å². The summed E-state index contributed by atoms with van der Waals surface area (Å²) in [5.41, 5.74) is 1.14. The summed E-state index contributed by atoms with van der Waals surface area (Å²) in [5.74, 6) is 0.339. The quantitative estimate of drug-likeness (QED) is 0.384. The zero-order valence-electron chi connectivity index (χ0n) is 18.0. The van der Waals surface area contributed by atoms with Gasteiger partial charge in [-0.2, -0.15) is 0 Å². The molecule has 2 bridgehead atoms. The molecular formula is C24H36O4. The fourth-order valence-electron chi connectivity index (χ4n) is 7.93. The highest BCUT2D eigenvalue weighted by Crippen LogP contribution is 2.71. The first-order valence-electron chi connectivity index (χ1n) is 11.1. The van der Waals surface area contributed by atoms with Crippen LogP contribution < -0.4 is 0 Å². The lowest BCUT2D eigenvalue weighted by Gasteiger charge is -2.64. The van der Waals surface area contributed by atoms with Crippen molar-refractivity contribution in [3.63, 3.8) is 0 Å². The fourth-order valence-corrected chi connectivity index (χ4v) is 7.93. The molecule has 1 spiro atoms. The number of fused-ring (bicyclic) bond motifs is 3. The van der Waals surface area contributed by atoms with E-state index in [4.69, 9.17) is 4.74 Å². The summed E-state index contributed by atoms with van der Waals surface area (Å²) in [4.78, 5) is 23.4. The molecule has 6 atom stereocenters. The number of carbonyl (C=O) groups is 2. The highest BCUT2D eigenvalue weighted by atomic mass is 16.5. The number of rotatable bonds is 4. The molecule has 3 saturated carbocycles. The van der Waals surface area contributed by atoms with Gasteiger partial charge in [0.05, 0.1) is 13.7 Å². The molecule has 28 heavy (non-hydrogen) atoms. The van der Waals surface area contributed by atoms with Gasteiger partial charge in [0, 0.05) is 5.41 Å². The van der Waals surface area contributed by atoms with Gasteiger partial charge < -0.3 is 9.47 Å². The standard InChI is InChI=1S/C24H36O4/c1-21-10-6-18-23(3)9-5-8-22(2,16-28-20(26)14-19(25)27-4)17(23)7-11-24(18,15-21)13-12-21/h12-13,17-18H,5-11,14-16H2,1-4H3. The van der Waals surface area contributed by atoms with Gasteiger partial charge in [-0.25, -0.2) is 0 Å². The van der Waals surface area contributed by atoms with Gasteiger partial charge in [-0.1, -0.05) is 39.3 Å². The van der Waals surface area contributed by atoms with Gasteiger partial charge in [-0.3, -0.25) is 9.59 Å². The lowest BCUT2D eigenvalue weighted by Crippen LogP contribution is -2.58. The van der Waals surface area contributed by atoms with E-state index in [0.29, 0.717) is 28.8 Å². The normalized spacial score (nSPS) is 46.4. The molecule has 0 aliphatic heterocycles.